The largest absolute Gasteiger partial charge is 0.366 e. The van der Waals surface area contributed by atoms with Crippen LogP contribution >= 0.6 is 0 Å². The summed E-state index contributed by atoms with van der Waals surface area (Å²) < 4.78 is 0. The van der Waals surface area contributed by atoms with Crippen LogP contribution < -0.4 is 11.1 Å². The van der Waals surface area contributed by atoms with Crippen molar-refractivity contribution in [1.29, 1.82) is 0 Å². The van der Waals surface area contributed by atoms with E-state index >= 15 is 0 Å². The van der Waals surface area contributed by atoms with E-state index in [1.54, 1.807) is 0 Å². The van der Waals surface area contributed by atoms with Gasteiger partial charge in [-0.25, -0.2) is 9.97 Å². The molecule has 3 atom stereocenters. The Bertz CT molecular complexity index is 1040. The van der Waals surface area contributed by atoms with Gasteiger partial charge in [-0.1, -0.05) is 24.6 Å². The van der Waals surface area contributed by atoms with E-state index in [0.29, 0.717) is 23.8 Å². The number of nitrogens with two attached hydrogens (primary N) is 1. The van der Waals surface area contributed by atoms with Crippen LogP contribution in [0.3, 0.4) is 0 Å². The van der Waals surface area contributed by atoms with Gasteiger partial charge in [0.05, 0.1) is 11.2 Å². The van der Waals surface area contributed by atoms with Crippen molar-refractivity contribution >= 4 is 28.9 Å². The Hall–Kier alpha value is -2.79. The molecule has 1 aliphatic rings. The van der Waals surface area contributed by atoms with Crippen LogP contribution in [-0.2, 0) is 0 Å². The molecule has 1 fully saturated rings. The summed E-state index contributed by atoms with van der Waals surface area (Å²) in [5, 5.41) is 4.78. The van der Waals surface area contributed by atoms with Crippen LogP contribution in [0.4, 0.5) is 5.82 Å². The molecule has 1 saturated carbocycles. The monoisotopic (exact) mass is 387 g/mol. The number of hydrogen-bond donors (Lipinski definition) is 2. The quantitative estimate of drug-likeness (QED) is 0.676. The third-order valence-corrected chi connectivity index (χ3v) is 5.71. The zero-order chi connectivity index (χ0) is 20.4. The second-order valence-electron chi connectivity index (χ2n) is 8.29. The lowest BCUT2D eigenvalue weighted by molar-refractivity contribution is 0.314. The molecular formula is C24H29N5. The number of nitrogens with one attached hydrogen (secondary N) is 1. The van der Waals surface area contributed by atoms with Crippen LogP contribution in [0.1, 0.15) is 49.0 Å². The zero-order valence-corrected chi connectivity index (χ0v) is 17.4. The molecule has 0 saturated heterocycles. The maximum absolute atomic E-state index is 6.15. The first kappa shape index (κ1) is 19.5. The summed E-state index contributed by atoms with van der Waals surface area (Å²) in [6.07, 6.45) is 7.07. The molecule has 2 aromatic heterocycles. The first-order valence-corrected chi connectivity index (χ1v) is 10.4. The van der Waals surface area contributed by atoms with Crippen LogP contribution in [-0.4, -0.2) is 27.0 Å². The molecule has 0 bridgehead atoms. The smallest absolute Gasteiger partial charge is 0.155 e. The van der Waals surface area contributed by atoms with Crippen molar-refractivity contribution in [2.75, 3.05) is 5.32 Å². The molecule has 0 spiro atoms. The summed E-state index contributed by atoms with van der Waals surface area (Å²) in [4.78, 5) is 14.1. The Balaban J connectivity index is 1.68. The first-order valence-electron chi connectivity index (χ1n) is 10.4. The van der Waals surface area contributed by atoms with E-state index in [1.807, 2.05) is 37.3 Å². The average Bonchev–Trinajstić information content (AvgIpc) is 2.69. The van der Waals surface area contributed by atoms with Crippen LogP contribution in [0.5, 0.6) is 0 Å². The van der Waals surface area contributed by atoms with E-state index in [4.69, 9.17) is 15.7 Å². The second-order valence-corrected chi connectivity index (χ2v) is 8.29. The molecule has 0 radical (unpaired) electrons. The summed E-state index contributed by atoms with van der Waals surface area (Å²) in [6.45, 7) is 6.36. The second kappa shape index (κ2) is 8.29. The number of aryl methyl sites for hydroxylation is 2. The molecule has 1 aromatic carbocycles. The van der Waals surface area contributed by atoms with Crippen molar-refractivity contribution in [2.45, 2.75) is 52.1 Å². The molecule has 1 aliphatic carbocycles. The van der Waals surface area contributed by atoms with Gasteiger partial charge in [0.1, 0.15) is 5.82 Å². The molecular weight excluding hydrogens is 358 g/mol. The van der Waals surface area contributed by atoms with Gasteiger partial charge in [0.25, 0.3) is 0 Å². The number of hydrogen-bond acceptors (Lipinski definition) is 5. The van der Waals surface area contributed by atoms with Gasteiger partial charge in [-0.2, -0.15) is 0 Å². The van der Waals surface area contributed by atoms with E-state index in [1.165, 1.54) is 5.56 Å². The fourth-order valence-corrected chi connectivity index (χ4v) is 4.09. The van der Waals surface area contributed by atoms with Gasteiger partial charge in [-0.15, -0.1) is 0 Å². The van der Waals surface area contributed by atoms with E-state index in [0.717, 1.165) is 47.4 Å². The minimum Gasteiger partial charge on any atom is -0.366 e. The number of aromatic nitrogens is 3. The first-order chi connectivity index (χ1) is 14.0. The van der Waals surface area contributed by atoms with Gasteiger partial charge < -0.3 is 11.1 Å². The zero-order valence-electron chi connectivity index (χ0n) is 17.4. The summed E-state index contributed by atoms with van der Waals surface area (Å²) in [7, 11) is 0. The molecule has 5 heteroatoms. The Morgan fingerprint density at radius 3 is 2.69 bits per heavy atom. The topological polar surface area (TPSA) is 76.7 Å². The summed E-state index contributed by atoms with van der Waals surface area (Å²) in [6, 6.07) is 13.0. The predicted molar refractivity (Wildman–Crippen MR) is 121 cm³/mol. The summed E-state index contributed by atoms with van der Waals surface area (Å²) in [5.41, 5.74) is 10.2. The minimum atomic E-state index is 0.313. The number of anilines is 1. The standard InChI is InChI=1S/C24H29N5/c1-15-7-10-22-20(13-15)24(28-21-11-8-18(25)14-16(21)2)29-23(27-22)12-9-19-6-4-5-17(3)26-19/h4-7,9-10,12-13,16,18,21H,8,11,14,25H2,1-3H3,(H,27,28,29)/t16-,18-,21+/m0/s1. The number of fused-ring (bicyclic) bond motifs is 1. The van der Waals surface area contributed by atoms with Gasteiger partial charge in [0.2, 0.25) is 0 Å². The molecule has 0 unspecified atom stereocenters. The van der Waals surface area contributed by atoms with Gasteiger partial charge in [0.15, 0.2) is 5.82 Å². The van der Waals surface area contributed by atoms with Gasteiger partial charge in [-0.05, 0) is 75.4 Å². The van der Waals surface area contributed by atoms with Crippen LogP contribution in [0.15, 0.2) is 36.4 Å². The average molecular weight is 388 g/mol. The molecule has 3 aromatic rings. The highest BCUT2D eigenvalue weighted by Gasteiger charge is 2.26. The van der Waals surface area contributed by atoms with Crippen LogP contribution in [0.2, 0.25) is 0 Å². The molecule has 5 nitrogen and oxygen atoms in total. The van der Waals surface area contributed by atoms with Crippen LogP contribution in [0, 0.1) is 19.8 Å². The fraction of sp³-hybridized carbons (Fsp3) is 0.375. The normalized spacial score (nSPS) is 22.3. The van der Waals surface area contributed by atoms with Crippen molar-refractivity contribution in [3.63, 3.8) is 0 Å². The third kappa shape index (κ3) is 4.62. The van der Waals surface area contributed by atoms with E-state index < -0.39 is 0 Å². The number of nitrogens with zero attached hydrogens (tertiary/aromatic N) is 3. The van der Waals surface area contributed by atoms with Gasteiger partial charge in [0, 0.05) is 23.2 Å². The lowest BCUT2D eigenvalue weighted by atomic mass is 9.83. The molecule has 3 N–H and O–H groups in total. The van der Waals surface area contributed by atoms with E-state index in [2.05, 4.69) is 42.3 Å². The highest BCUT2D eigenvalue weighted by Crippen LogP contribution is 2.29. The Morgan fingerprint density at radius 2 is 1.90 bits per heavy atom. The van der Waals surface area contributed by atoms with Gasteiger partial charge >= 0.3 is 0 Å². The molecule has 150 valence electrons. The molecule has 29 heavy (non-hydrogen) atoms. The Kier molecular flexibility index (Phi) is 5.58. The lowest BCUT2D eigenvalue weighted by Crippen LogP contribution is -2.39. The predicted octanol–water partition coefficient (Wildman–Crippen LogP) is 4.74. The molecule has 2 heterocycles. The number of rotatable bonds is 4. The Morgan fingerprint density at radius 1 is 1.03 bits per heavy atom. The Labute approximate surface area is 172 Å². The van der Waals surface area contributed by atoms with Crippen molar-refractivity contribution in [1.82, 2.24) is 15.0 Å². The van der Waals surface area contributed by atoms with E-state index in [9.17, 15) is 0 Å². The SMILES string of the molecule is Cc1ccc2nc(C=Cc3cccc(C)n3)nc(N[C@@H]3CC[C@H](N)C[C@@H]3C)c2c1. The van der Waals surface area contributed by atoms with E-state index in [-0.39, 0.29) is 0 Å². The van der Waals surface area contributed by atoms with Crippen molar-refractivity contribution in [3.05, 3.63) is 59.2 Å². The van der Waals surface area contributed by atoms with Crippen molar-refractivity contribution in [3.8, 4) is 0 Å². The summed E-state index contributed by atoms with van der Waals surface area (Å²) >= 11 is 0. The molecule has 4 rings (SSSR count). The lowest BCUT2D eigenvalue weighted by Gasteiger charge is -2.33. The molecule has 0 aliphatic heterocycles. The maximum Gasteiger partial charge on any atom is 0.155 e. The summed E-state index contributed by atoms with van der Waals surface area (Å²) in [5.74, 6) is 2.11. The van der Waals surface area contributed by atoms with Crippen molar-refractivity contribution < 1.29 is 0 Å². The molecule has 0 amide bonds. The fourth-order valence-electron chi connectivity index (χ4n) is 4.09. The number of benzene rings is 1. The van der Waals surface area contributed by atoms with Crippen LogP contribution in [0.25, 0.3) is 23.1 Å². The maximum atomic E-state index is 6.15. The number of pyridine rings is 1. The van der Waals surface area contributed by atoms with Gasteiger partial charge in [-0.3, -0.25) is 4.98 Å². The highest BCUT2D eigenvalue weighted by atomic mass is 15.1. The third-order valence-electron chi connectivity index (χ3n) is 5.71. The highest BCUT2D eigenvalue weighted by molar-refractivity contribution is 5.90. The van der Waals surface area contributed by atoms with Crippen molar-refractivity contribution in [2.24, 2.45) is 11.7 Å². The minimum absolute atomic E-state index is 0.313.